The summed E-state index contributed by atoms with van der Waals surface area (Å²) in [6.45, 7) is 0.202. The van der Waals surface area contributed by atoms with Crippen LogP contribution in [0.3, 0.4) is 0 Å². The Labute approximate surface area is 151 Å². The summed E-state index contributed by atoms with van der Waals surface area (Å²) in [6.07, 6.45) is -0.538. The fourth-order valence-electron chi connectivity index (χ4n) is 2.25. The molecule has 0 aliphatic carbocycles. The van der Waals surface area contributed by atoms with E-state index in [9.17, 15) is 4.79 Å². The Hall–Kier alpha value is -3.78. The molecule has 1 N–H and O–H groups in total. The Bertz CT molecular complexity index is 916. The number of carbonyl (C=O) groups is 1. The van der Waals surface area contributed by atoms with Gasteiger partial charge >= 0.3 is 6.09 Å². The zero-order valence-electron chi connectivity index (χ0n) is 13.9. The molecule has 0 aliphatic heterocycles. The van der Waals surface area contributed by atoms with E-state index in [0.717, 1.165) is 5.56 Å². The van der Waals surface area contributed by atoms with Crippen molar-refractivity contribution < 1.29 is 14.3 Å². The molecule has 0 radical (unpaired) electrons. The van der Waals surface area contributed by atoms with Crippen molar-refractivity contribution in [2.24, 2.45) is 0 Å². The van der Waals surface area contributed by atoms with Crippen molar-refractivity contribution in [3.8, 4) is 17.6 Å². The minimum atomic E-state index is -0.538. The Morgan fingerprint density at radius 1 is 0.923 bits per heavy atom. The molecule has 0 atom stereocenters. The smallest absolute Gasteiger partial charge is 0.411 e. The number of rotatable bonds is 5. The van der Waals surface area contributed by atoms with E-state index in [-0.39, 0.29) is 6.61 Å². The van der Waals surface area contributed by atoms with Crippen LogP contribution in [0.4, 0.5) is 10.5 Å². The van der Waals surface area contributed by atoms with Crippen LogP contribution >= 0.6 is 0 Å². The molecule has 5 nitrogen and oxygen atoms in total. The molecule has 3 aromatic carbocycles. The van der Waals surface area contributed by atoms with Gasteiger partial charge in [0.05, 0.1) is 11.6 Å². The van der Waals surface area contributed by atoms with Gasteiger partial charge in [0, 0.05) is 11.8 Å². The fraction of sp³-hybridized carbons (Fsp3) is 0.0476. The highest BCUT2D eigenvalue weighted by molar-refractivity contribution is 5.84. The first-order valence-corrected chi connectivity index (χ1v) is 7.99. The van der Waals surface area contributed by atoms with Gasteiger partial charge in [-0.25, -0.2) is 4.79 Å². The van der Waals surface area contributed by atoms with Crippen molar-refractivity contribution in [2.45, 2.75) is 6.61 Å². The van der Waals surface area contributed by atoms with E-state index in [1.165, 1.54) is 0 Å². The Balaban J connectivity index is 1.58. The first kappa shape index (κ1) is 17.1. The van der Waals surface area contributed by atoms with Gasteiger partial charge in [-0.2, -0.15) is 5.26 Å². The molecule has 5 heteroatoms. The maximum absolute atomic E-state index is 11.9. The molecule has 0 saturated heterocycles. The van der Waals surface area contributed by atoms with Gasteiger partial charge in [-0.05, 0) is 42.0 Å². The van der Waals surface area contributed by atoms with E-state index in [4.69, 9.17) is 14.7 Å². The largest absolute Gasteiger partial charge is 0.457 e. The Kier molecular flexibility index (Phi) is 5.48. The molecule has 0 spiro atoms. The van der Waals surface area contributed by atoms with Crippen LogP contribution in [0, 0.1) is 11.3 Å². The number of benzene rings is 3. The third-order valence-corrected chi connectivity index (χ3v) is 3.51. The van der Waals surface area contributed by atoms with Crippen molar-refractivity contribution in [3.63, 3.8) is 0 Å². The second-order valence-electron chi connectivity index (χ2n) is 5.45. The number of amides is 1. The minimum absolute atomic E-state index is 0.202. The van der Waals surface area contributed by atoms with E-state index < -0.39 is 6.09 Å². The molecule has 128 valence electrons. The zero-order chi connectivity index (χ0) is 18.2. The lowest BCUT2D eigenvalue weighted by Crippen LogP contribution is -2.13. The van der Waals surface area contributed by atoms with Gasteiger partial charge in [0.15, 0.2) is 0 Å². The van der Waals surface area contributed by atoms with Gasteiger partial charge < -0.3 is 9.47 Å². The van der Waals surface area contributed by atoms with E-state index in [0.29, 0.717) is 22.7 Å². The molecule has 1 amide bonds. The summed E-state index contributed by atoms with van der Waals surface area (Å²) in [5, 5.41) is 11.5. The van der Waals surface area contributed by atoms with Crippen LogP contribution < -0.4 is 10.1 Å². The number of carbonyl (C=O) groups excluding carboxylic acids is 1. The number of nitrogens with zero attached hydrogens (tertiary/aromatic N) is 1. The molecular formula is C21H16N2O3. The van der Waals surface area contributed by atoms with Gasteiger partial charge in [-0.15, -0.1) is 0 Å². The van der Waals surface area contributed by atoms with E-state index in [2.05, 4.69) is 11.4 Å². The molecular weight excluding hydrogens is 328 g/mol. The molecule has 0 saturated carbocycles. The van der Waals surface area contributed by atoms with Crippen LogP contribution in [-0.4, -0.2) is 6.09 Å². The average molecular weight is 344 g/mol. The van der Waals surface area contributed by atoms with Crippen molar-refractivity contribution >= 4 is 11.8 Å². The van der Waals surface area contributed by atoms with Gasteiger partial charge in [0.1, 0.15) is 18.1 Å². The molecule has 3 rings (SSSR count). The van der Waals surface area contributed by atoms with Crippen LogP contribution in [0.2, 0.25) is 0 Å². The lowest BCUT2D eigenvalue weighted by molar-refractivity contribution is 0.155. The average Bonchev–Trinajstić information content (AvgIpc) is 2.68. The van der Waals surface area contributed by atoms with Crippen LogP contribution in [0.5, 0.6) is 11.5 Å². The molecule has 26 heavy (non-hydrogen) atoms. The third-order valence-electron chi connectivity index (χ3n) is 3.51. The summed E-state index contributed by atoms with van der Waals surface area (Å²) in [6, 6.07) is 25.3. The van der Waals surface area contributed by atoms with Crippen molar-refractivity contribution in [2.75, 3.05) is 5.32 Å². The second-order valence-corrected chi connectivity index (χ2v) is 5.45. The summed E-state index contributed by atoms with van der Waals surface area (Å²) in [7, 11) is 0. The highest BCUT2D eigenvalue weighted by atomic mass is 16.5. The molecule has 0 heterocycles. The highest BCUT2D eigenvalue weighted by Crippen LogP contribution is 2.24. The maximum Gasteiger partial charge on any atom is 0.411 e. The first-order valence-electron chi connectivity index (χ1n) is 7.99. The Morgan fingerprint density at radius 2 is 1.69 bits per heavy atom. The Morgan fingerprint density at radius 3 is 2.42 bits per heavy atom. The topological polar surface area (TPSA) is 71.3 Å². The standard InChI is InChI=1S/C21H16N2O3/c22-14-16-9-11-19(12-10-16)26-20-8-4-7-18(13-20)23-21(24)25-15-17-5-2-1-3-6-17/h1-13H,15H2,(H,23,24). The molecule has 0 aliphatic rings. The molecule has 0 aromatic heterocycles. The number of hydrogen-bond donors (Lipinski definition) is 1. The lowest BCUT2D eigenvalue weighted by Gasteiger charge is -2.09. The highest BCUT2D eigenvalue weighted by Gasteiger charge is 2.05. The first-order chi connectivity index (χ1) is 12.7. The van der Waals surface area contributed by atoms with Crippen molar-refractivity contribution in [1.82, 2.24) is 0 Å². The number of nitriles is 1. The normalized spacial score (nSPS) is 9.81. The van der Waals surface area contributed by atoms with E-state index in [1.54, 1.807) is 48.5 Å². The number of nitrogens with one attached hydrogen (secondary N) is 1. The molecule has 3 aromatic rings. The van der Waals surface area contributed by atoms with Crippen LogP contribution in [-0.2, 0) is 11.3 Å². The van der Waals surface area contributed by atoms with Crippen LogP contribution in [0.25, 0.3) is 0 Å². The van der Waals surface area contributed by atoms with Crippen LogP contribution in [0.15, 0.2) is 78.9 Å². The van der Waals surface area contributed by atoms with E-state index >= 15 is 0 Å². The maximum atomic E-state index is 11.9. The van der Waals surface area contributed by atoms with Gasteiger partial charge in [-0.1, -0.05) is 36.4 Å². The lowest BCUT2D eigenvalue weighted by atomic mass is 10.2. The minimum Gasteiger partial charge on any atom is -0.457 e. The summed E-state index contributed by atoms with van der Waals surface area (Å²) < 4.78 is 10.9. The van der Waals surface area contributed by atoms with Crippen molar-refractivity contribution in [3.05, 3.63) is 90.0 Å². The monoisotopic (exact) mass is 344 g/mol. The SMILES string of the molecule is N#Cc1ccc(Oc2cccc(NC(=O)OCc3ccccc3)c2)cc1. The van der Waals surface area contributed by atoms with Crippen molar-refractivity contribution in [1.29, 1.82) is 5.26 Å². The number of hydrogen-bond acceptors (Lipinski definition) is 4. The summed E-state index contributed by atoms with van der Waals surface area (Å²) in [5.74, 6) is 1.17. The zero-order valence-corrected chi connectivity index (χ0v) is 13.9. The van der Waals surface area contributed by atoms with Gasteiger partial charge in [-0.3, -0.25) is 5.32 Å². The molecule has 0 unspecified atom stereocenters. The quantitative estimate of drug-likeness (QED) is 0.699. The summed E-state index contributed by atoms with van der Waals surface area (Å²) in [4.78, 5) is 11.9. The van der Waals surface area contributed by atoms with Gasteiger partial charge in [0.25, 0.3) is 0 Å². The number of ether oxygens (including phenoxy) is 2. The predicted molar refractivity (Wildman–Crippen MR) is 97.9 cm³/mol. The van der Waals surface area contributed by atoms with Gasteiger partial charge in [0.2, 0.25) is 0 Å². The predicted octanol–water partition coefficient (Wildman–Crippen LogP) is 5.10. The molecule has 0 bridgehead atoms. The fourth-order valence-corrected chi connectivity index (χ4v) is 2.25. The number of anilines is 1. The summed E-state index contributed by atoms with van der Waals surface area (Å²) >= 11 is 0. The third kappa shape index (κ3) is 4.86. The second kappa shape index (κ2) is 8.36. The summed E-state index contributed by atoms with van der Waals surface area (Å²) in [5.41, 5.74) is 2.05. The molecule has 0 fully saturated rings. The van der Waals surface area contributed by atoms with Crippen LogP contribution in [0.1, 0.15) is 11.1 Å². The van der Waals surface area contributed by atoms with E-state index in [1.807, 2.05) is 30.3 Å².